The molecule has 0 aromatic carbocycles. The average molecular weight is 504 g/mol. The summed E-state index contributed by atoms with van der Waals surface area (Å²) < 4.78 is 14.0. The van der Waals surface area contributed by atoms with Gasteiger partial charge in [-0.25, -0.2) is 4.39 Å². The number of aromatic amines is 1. The Bertz CT molecular complexity index is 1110. The van der Waals surface area contributed by atoms with Crippen molar-refractivity contribution in [1.29, 1.82) is 0 Å². The van der Waals surface area contributed by atoms with Crippen LogP contribution in [0.3, 0.4) is 0 Å². The quantitative estimate of drug-likeness (QED) is 0.397. The van der Waals surface area contributed by atoms with Crippen LogP contribution in [0.15, 0.2) is 78.5 Å². The van der Waals surface area contributed by atoms with E-state index < -0.39 is 6.17 Å². The standard InChI is InChI=1S/C31H42FN5/c1-4-23(26-11-5-6-17-37-18-8-16-33-31(26)37)19-25-10-7-9-24(13-12-21(25)2)27-20-34-36-30(27)29-15-14-28(32)22(3)35-29/h5-7,10-13,17,20,22-25,28-29,33,35H,2,4,8-9,14-16,18-19H2,1,3H3,(H,34,36)/b10-7+,13-12-. The molecule has 0 spiro atoms. The molecular weight excluding hydrogens is 461 g/mol. The van der Waals surface area contributed by atoms with Crippen molar-refractivity contribution < 1.29 is 4.39 Å². The van der Waals surface area contributed by atoms with Gasteiger partial charge in [0.2, 0.25) is 0 Å². The minimum Gasteiger partial charge on any atom is -0.371 e. The van der Waals surface area contributed by atoms with Gasteiger partial charge in [0.15, 0.2) is 0 Å². The molecule has 2 saturated heterocycles. The van der Waals surface area contributed by atoms with Crippen LogP contribution in [-0.2, 0) is 0 Å². The van der Waals surface area contributed by atoms with Crippen molar-refractivity contribution in [3.63, 3.8) is 0 Å². The Labute approximate surface area is 221 Å². The summed E-state index contributed by atoms with van der Waals surface area (Å²) in [5, 5.41) is 14.7. The summed E-state index contributed by atoms with van der Waals surface area (Å²) in [6, 6.07) is -0.0195. The number of hydrogen-bond acceptors (Lipinski definition) is 4. The second kappa shape index (κ2) is 11.7. The van der Waals surface area contributed by atoms with E-state index in [9.17, 15) is 4.39 Å². The first kappa shape index (κ1) is 25.8. The molecule has 6 unspecified atom stereocenters. The lowest BCUT2D eigenvalue weighted by molar-refractivity contribution is 0.178. The highest BCUT2D eigenvalue weighted by atomic mass is 19.1. The van der Waals surface area contributed by atoms with Crippen LogP contribution >= 0.6 is 0 Å². The van der Waals surface area contributed by atoms with Crippen LogP contribution in [0.1, 0.15) is 75.6 Å². The van der Waals surface area contributed by atoms with Gasteiger partial charge in [0.25, 0.3) is 0 Å². The van der Waals surface area contributed by atoms with Gasteiger partial charge in [0.1, 0.15) is 12.0 Å². The number of aromatic nitrogens is 2. The minimum atomic E-state index is -0.780. The molecule has 4 heterocycles. The van der Waals surface area contributed by atoms with Crippen molar-refractivity contribution in [2.24, 2.45) is 11.8 Å². The Kier molecular flexibility index (Phi) is 8.14. The van der Waals surface area contributed by atoms with Gasteiger partial charge < -0.3 is 15.5 Å². The molecule has 4 aliphatic rings. The van der Waals surface area contributed by atoms with Gasteiger partial charge in [0.05, 0.1) is 11.9 Å². The molecule has 2 fully saturated rings. The monoisotopic (exact) mass is 503 g/mol. The van der Waals surface area contributed by atoms with E-state index in [1.165, 1.54) is 17.0 Å². The second-order valence-corrected chi connectivity index (χ2v) is 11.0. The number of piperidine rings is 1. The van der Waals surface area contributed by atoms with E-state index in [1.807, 2.05) is 13.1 Å². The fourth-order valence-corrected chi connectivity index (χ4v) is 6.23. The molecule has 37 heavy (non-hydrogen) atoms. The molecule has 6 atom stereocenters. The maximum Gasteiger partial charge on any atom is 0.115 e. The van der Waals surface area contributed by atoms with E-state index >= 15 is 0 Å². The van der Waals surface area contributed by atoms with Crippen LogP contribution in [0.25, 0.3) is 0 Å². The molecule has 3 aliphatic heterocycles. The molecule has 1 aliphatic carbocycles. The Morgan fingerprint density at radius 3 is 2.95 bits per heavy atom. The number of allylic oxidation sites excluding steroid dienone is 9. The summed E-state index contributed by atoms with van der Waals surface area (Å²) in [6.45, 7) is 10.8. The van der Waals surface area contributed by atoms with E-state index in [1.54, 1.807) is 0 Å². The maximum absolute atomic E-state index is 14.0. The summed E-state index contributed by atoms with van der Waals surface area (Å²) in [7, 11) is 0. The molecule has 6 heteroatoms. The molecule has 1 aromatic rings. The lowest BCUT2D eigenvalue weighted by Gasteiger charge is -2.33. The van der Waals surface area contributed by atoms with E-state index in [0.29, 0.717) is 18.3 Å². The zero-order chi connectivity index (χ0) is 25.8. The Balaban J connectivity index is 1.30. The molecule has 3 N–H and O–H groups in total. The third kappa shape index (κ3) is 5.69. The third-order valence-corrected chi connectivity index (χ3v) is 8.52. The van der Waals surface area contributed by atoms with Crippen LogP contribution < -0.4 is 10.6 Å². The number of halogens is 1. The first-order valence-electron chi connectivity index (χ1n) is 14.1. The molecule has 198 valence electrons. The highest BCUT2D eigenvalue weighted by Crippen LogP contribution is 2.37. The van der Waals surface area contributed by atoms with Crippen molar-refractivity contribution in [2.75, 3.05) is 13.1 Å². The number of rotatable bonds is 6. The molecule has 0 radical (unpaired) electrons. The van der Waals surface area contributed by atoms with Crippen LogP contribution in [0.4, 0.5) is 4.39 Å². The average Bonchev–Trinajstić information content (AvgIpc) is 3.29. The van der Waals surface area contributed by atoms with Crippen LogP contribution in [-0.4, -0.2) is 40.4 Å². The summed E-state index contributed by atoms with van der Waals surface area (Å²) in [4.78, 5) is 2.37. The molecule has 0 bridgehead atoms. The van der Waals surface area contributed by atoms with E-state index in [-0.39, 0.29) is 18.0 Å². The number of alkyl halides is 1. The highest BCUT2D eigenvalue weighted by Gasteiger charge is 2.31. The summed E-state index contributed by atoms with van der Waals surface area (Å²) in [5.74, 6) is 2.26. The lowest BCUT2D eigenvalue weighted by atomic mass is 9.80. The largest absolute Gasteiger partial charge is 0.371 e. The molecule has 5 rings (SSSR count). The van der Waals surface area contributed by atoms with Crippen molar-refractivity contribution in [3.05, 3.63) is 89.7 Å². The van der Waals surface area contributed by atoms with Crippen molar-refractivity contribution in [3.8, 4) is 0 Å². The van der Waals surface area contributed by atoms with Gasteiger partial charge >= 0.3 is 0 Å². The van der Waals surface area contributed by atoms with Crippen molar-refractivity contribution >= 4 is 0 Å². The first-order chi connectivity index (χ1) is 18.0. The van der Waals surface area contributed by atoms with Crippen LogP contribution in [0.2, 0.25) is 0 Å². The fourth-order valence-electron chi connectivity index (χ4n) is 6.23. The van der Waals surface area contributed by atoms with Gasteiger partial charge in [-0.1, -0.05) is 50.0 Å². The zero-order valence-corrected chi connectivity index (χ0v) is 22.3. The normalized spacial score (nSPS) is 32.7. The summed E-state index contributed by atoms with van der Waals surface area (Å²) >= 11 is 0. The number of nitrogens with zero attached hydrogens (tertiary/aromatic N) is 2. The SMILES string of the molecule is C=C1/C=C\C(c2cn[nH]c2C2CCC(F)C(C)N2)C/C=C/C1CC(CC)C1=C2NCCCN2C=CC=C1. The van der Waals surface area contributed by atoms with Crippen LogP contribution in [0, 0.1) is 11.8 Å². The van der Waals surface area contributed by atoms with Gasteiger partial charge in [-0.15, -0.1) is 0 Å². The molecule has 5 nitrogen and oxygen atoms in total. The number of H-pyrrole nitrogens is 1. The third-order valence-electron chi connectivity index (χ3n) is 8.52. The Morgan fingerprint density at radius 2 is 2.11 bits per heavy atom. The van der Waals surface area contributed by atoms with E-state index in [4.69, 9.17) is 0 Å². The predicted octanol–water partition coefficient (Wildman–Crippen LogP) is 6.34. The number of nitrogens with one attached hydrogen (secondary N) is 3. The number of hydrogen-bond donors (Lipinski definition) is 3. The first-order valence-corrected chi connectivity index (χ1v) is 14.1. The van der Waals surface area contributed by atoms with Gasteiger partial charge in [0, 0.05) is 48.8 Å². The summed E-state index contributed by atoms with van der Waals surface area (Å²) in [6.07, 6.45) is 24.8. The van der Waals surface area contributed by atoms with Crippen LogP contribution in [0.5, 0.6) is 0 Å². The lowest BCUT2D eigenvalue weighted by Crippen LogP contribution is -2.42. The molecule has 0 saturated carbocycles. The van der Waals surface area contributed by atoms with Gasteiger partial charge in [-0.05, 0) is 68.6 Å². The minimum absolute atomic E-state index is 0.119. The fraction of sp³-hybridized carbons (Fsp3) is 0.516. The van der Waals surface area contributed by atoms with Gasteiger partial charge in [-0.3, -0.25) is 5.10 Å². The van der Waals surface area contributed by atoms with Crippen molar-refractivity contribution in [1.82, 2.24) is 25.7 Å². The number of fused-ring (bicyclic) bond motifs is 1. The maximum atomic E-state index is 14.0. The predicted molar refractivity (Wildman–Crippen MR) is 149 cm³/mol. The topological polar surface area (TPSA) is 56.0 Å². The highest BCUT2D eigenvalue weighted by molar-refractivity contribution is 5.36. The zero-order valence-electron chi connectivity index (χ0n) is 22.3. The van der Waals surface area contributed by atoms with Crippen molar-refractivity contribution in [2.45, 2.75) is 76.5 Å². The smallest absolute Gasteiger partial charge is 0.115 e. The molecule has 1 aromatic heterocycles. The Hall–Kier alpha value is -2.86. The molecule has 0 amide bonds. The van der Waals surface area contributed by atoms with E-state index in [0.717, 1.165) is 56.5 Å². The second-order valence-electron chi connectivity index (χ2n) is 11.0. The van der Waals surface area contributed by atoms with Gasteiger partial charge in [-0.2, -0.15) is 5.10 Å². The molecular formula is C31H42FN5. The summed E-state index contributed by atoms with van der Waals surface area (Å²) in [5.41, 5.74) is 4.86. The Morgan fingerprint density at radius 1 is 1.22 bits per heavy atom. The van der Waals surface area contributed by atoms with E-state index in [2.05, 4.69) is 88.0 Å².